The molecule has 0 aromatic rings. The van der Waals surface area contributed by atoms with E-state index in [1.165, 1.54) is 11.6 Å². The first-order chi connectivity index (χ1) is 22.5. The van der Waals surface area contributed by atoms with E-state index in [0.29, 0.717) is 37.0 Å². The quantitative estimate of drug-likeness (QED) is 0.162. The fourth-order valence-corrected chi connectivity index (χ4v) is 7.87. The highest BCUT2D eigenvalue weighted by atomic mass is 16.5. The van der Waals surface area contributed by atoms with Gasteiger partial charge in [-0.15, -0.1) is 0 Å². The van der Waals surface area contributed by atoms with Gasteiger partial charge in [-0.05, 0) is 119 Å². The number of rotatable bonds is 11. The zero-order chi connectivity index (χ0) is 35.0. The van der Waals surface area contributed by atoms with Crippen molar-refractivity contribution in [2.75, 3.05) is 0 Å². The molecule has 48 heavy (non-hydrogen) atoms. The Bertz CT molecular complexity index is 1560. The Kier molecular flexibility index (Phi) is 10.1. The van der Waals surface area contributed by atoms with Crippen LogP contribution in [-0.2, 0) is 38.1 Å². The molecule has 0 spiro atoms. The number of carbonyl (C=O) groups excluding carboxylic acids is 4. The van der Waals surface area contributed by atoms with E-state index in [-0.39, 0.29) is 41.6 Å². The number of cyclic esters (lactones) is 2. The molecule has 4 heterocycles. The lowest BCUT2D eigenvalue weighted by molar-refractivity contribution is -0.143. The van der Waals surface area contributed by atoms with Crippen molar-refractivity contribution in [1.29, 1.82) is 0 Å². The van der Waals surface area contributed by atoms with Gasteiger partial charge in [0, 0.05) is 37.0 Å². The van der Waals surface area contributed by atoms with Gasteiger partial charge in [0.2, 0.25) is 11.6 Å². The summed E-state index contributed by atoms with van der Waals surface area (Å²) < 4.78 is 23.9. The number of esters is 2. The smallest absolute Gasteiger partial charge is 0.331 e. The van der Waals surface area contributed by atoms with Crippen LogP contribution in [0.15, 0.2) is 69.8 Å². The number of allylic oxidation sites excluding steroid dienone is 4. The lowest BCUT2D eigenvalue weighted by Gasteiger charge is -2.41. The minimum atomic E-state index is -1.00. The van der Waals surface area contributed by atoms with Crippen molar-refractivity contribution in [3.8, 4) is 0 Å². The Morgan fingerprint density at radius 1 is 0.792 bits per heavy atom. The summed E-state index contributed by atoms with van der Waals surface area (Å²) in [5.74, 6) is 0.680. The van der Waals surface area contributed by atoms with Crippen LogP contribution in [0.1, 0.15) is 120 Å². The molecular formula is C40H52O8. The average molecular weight is 661 g/mol. The second kappa shape index (κ2) is 13.7. The van der Waals surface area contributed by atoms with Crippen molar-refractivity contribution < 1.29 is 38.1 Å². The predicted octanol–water partition coefficient (Wildman–Crippen LogP) is 8.03. The van der Waals surface area contributed by atoms with E-state index in [4.69, 9.17) is 18.9 Å². The topological polar surface area (TPSA) is 105 Å². The highest BCUT2D eigenvalue weighted by Crippen LogP contribution is 2.58. The van der Waals surface area contributed by atoms with Gasteiger partial charge in [-0.3, -0.25) is 9.59 Å². The van der Waals surface area contributed by atoms with Gasteiger partial charge in [0.05, 0.1) is 11.0 Å². The predicted molar refractivity (Wildman–Crippen MR) is 182 cm³/mol. The molecule has 0 N–H and O–H groups in total. The van der Waals surface area contributed by atoms with Crippen molar-refractivity contribution in [1.82, 2.24) is 0 Å². The Morgan fingerprint density at radius 3 is 1.88 bits per heavy atom. The minimum Gasteiger partial charge on any atom is -0.483 e. The van der Waals surface area contributed by atoms with Crippen LogP contribution < -0.4 is 0 Å². The number of ether oxygens (including phenoxy) is 4. The minimum absolute atomic E-state index is 0.0360. The van der Waals surface area contributed by atoms with E-state index in [0.717, 1.165) is 61.0 Å². The summed E-state index contributed by atoms with van der Waals surface area (Å²) in [7, 11) is 0. The molecule has 0 unspecified atom stereocenters. The summed E-state index contributed by atoms with van der Waals surface area (Å²) in [5, 5.41) is 0. The molecule has 0 amide bonds. The van der Waals surface area contributed by atoms with Crippen LogP contribution in [0.5, 0.6) is 0 Å². The third-order valence-corrected chi connectivity index (χ3v) is 10.4. The molecule has 0 saturated heterocycles. The fraction of sp³-hybridized carbons (Fsp3) is 0.600. The van der Waals surface area contributed by atoms with Gasteiger partial charge in [-0.1, -0.05) is 22.3 Å². The number of carbonyl (C=O) groups is 4. The monoisotopic (exact) mass is 660 g/mol. The van der Waals surface area contributed by atoms with Crippen LogP contribution in [0.2, 0.25) is 0 Å². The molecular weight excluding hydrogens is 608 g/mol. The molecule has 0 saturated carbocycles. The molecule has 5 rings (SSSR count). The fourth-order valence-electron chi connectivity index (χ4n) is 7.87. The van der Waals surface area contributed by atoms with Crippen LogP contribution in [0, 0.1) is 11.3 Å². The van der Waals surface area contributed by atoms with E-state index >= 15 is 0 Å². The van der Waals surface area contributed by atoms with Gasteiger partial charge in [0.25, 0.3) is 0 Å². The van der Waals surface area contributed by atoms with Gasteiger partial charge in [-0.25, -0.2) is 9.59 Å². The summed E-state index contributed by atoms with van der Waals surface area (Å²) in [6, 6.07) is 0. The molecule has 8 nitrogen and oxygen atoms in total. The van der Waals surface area contributed by atoms with Crippen LogP contribution in [-0.4, -0.2) is 46.9 Å². The molecule has 260 valence electrons. The molecule has 0 aromatic carbocycles. The summed E-state index contributed by atoms with van der Waals surface area (Å²) in [5.41, 5.74) is 2.24. The average Bonchev–Trinajstić information content (AvgIpc) is 3.38. The molecule has 4 atom stereocenters. The molecule has 1 aliphatic carbocycles. The van der Waals surface area contributed by atoms with Crippen LogP contribution in [0.3, 0.4) is 0 Å². The number of ketones is 2. The summed E-state index contributed by atoms with van der Waals surface area (Å²) in [6.45, 7) is 15.2. The second-order valence-electron chi connectivity index (χ2n) is 15.6. The first-order valence-electron chi connectivity index (χ1n) is 17.5. The summed E-state index contributed by atoms with van der Waals surface area (Å²) in [6.07, 6.45) is 15.9. The van der Waals surface area contributed by atoms with E-state index in [1.54, 1.807) is 26.0 Å². The third kappa shape index (κ3) is 7.63. The molecule has 8 heteroatoms. The maximum absolute atomic E-state index is 14.2. The lowest BCUT2D eigenvalue weighted by atomic mass is 9.63. The van der Waals surface area contributed by atoms with E-state index in [9.17, 15) is 19.2 Å². The number of Topliss-reactive ketones (excluding diaryl/α,β-unsaturated/α-hetero) is 1. The zero-order valence-electron chi connectivity index (χ0n) is 30.0. The molecule has 5 aliphatic rings. The third-order valence-electron chi connectivity index (χ3n) is 10.4. The van der Waals surface area contributed by atoms with Crippen molar-refractivity contribution >= 4 is 23.5 Å². The summed E-state index contributed by atoms with van der Waals surface area (Å²) >= 11 is 0. The van der Waals surface area contributed by atoms with Gasteiger partial charge in [0.15, 0.2) is 11.2 Å². The van der Waals surface area contributed by atoms with Crippen LogP contribution in [0.25, 0.3) is 0 Å². The SMILES string of the molecule is CC1=CC(=O)O[C@H](/C=C(\C)CCC[C@@H]2CC[C@@](CCC/C(C)=C/[C@@H]3CC(C)=CC(=O)O3)(C3=CC(=O)C(C)(C)O3)C3=C2OC(C)(C)C3=O)C1. The normalized spacial score (nSPS) is 30.2. The van der Waals surface area contributed by atoms with Crippen molar-refractivity contribution in [3.63, 3.8) is 0 Å². The molecule has 0 aromatic heterocycles. The van der Waals surface area contributed by atoms with E-state index in [2.05, 4.69) is 13.0 Å². The van der Waals surface area contributed by atoms with Crippen molar-refractivity contribution in [2.24, 2.45) is 11.3 Å². The molecule has 0 bridgehead atoms. The van der Waals surface area contributed by atoms with E-state index < -0.39 is 16.6 Å². The first kappa shape index (κ1) is 35.6. The van der Waals surface area contributed by atoms with Gasteiger partial charge < -0.3 is 18.9 Å². The van der Waals surface area contributed by atoms with Crippen LogP contribution >= 0.6 is 0 Å². The standard InChI is InChI=1S/C40H52O8/c1-24(17-29-19-26(3)21-33(42)45-29)11-9-13-28-14-16-40(32-23-31(41)38(5,6)47-32,35-36(28)48-39(7,8)37(35)44)15-10-12-25(2)18-30-20-27(4)22-34(43)46-30/h17-18,21-23,28-30H,9-16,19-20H2,1-8H3/b24-17+,25-18+/t28-,29-,30-,40+/m1/s1. The Hall–Kier alpha value is -3.68. The maximum atomic E-state index is 14.2. The largest absolute Gasteiger partial charge is 0.483 e. The van der Waals surface area contributed by atoms with E-state index in [1.807, 2.05) is 40.7 Å². The Labute approximate surface area is 285 Å². The first-order valence-corrected chi connectivity index (χ1v) is 17.5. The molecule has 4 aliphatic heterocycles. The Morgan fingerprint density at radius 2 is 1.35 bits per heavy atom. The zero-order valence-corrected chi connectivity index (χ0v) is 30.0. The number of hydrogen-bond donors (Lipinski definition) is 0. The Balaban J connectivity index is 1.36. The van der Waals surface area contributed by atoms with Gasteiger partial charge in [-0.2, -0.15) is 0 Å². The van der Waals surface area contributed by atoms with Gasteiger partial charge >= 0.3 is 11.9 Å². The highest BCUT2D eigenvalue weighted by Gasteiger charge is 2.58. The maximum Gasteiger partial charge on any atom is 0.331 e. The van der Waals surface area contributed by atoms with Crippen LogP contribution in [0.4, 0.5) is 0 Å². The second-order valence-corrected chi connectivity index (χ2v) is 15.6. The number of hydrogen-bond acceptors (Lipinski definition) is 8. The van der Waals surface area contributed by atoms with Crippen molar-refractivity contribution in [3.05, 3.63) is 69.8 Å². The lowest BCUT2D eigenvalue weighted by Crippen LogP contribution is -2.39. The highest BCUT2D eigenvalue weighted by molar-refractivity contribution is 6.06. The summed E-state index contributed by atoms with van der Waals surface area (Å²) in [4.78, 5) is 51.1. The van der Waals surface area contributed by atoms with Crippen molar-refractivity contribution in [2.45, 2.75) is 143 Å². The molecule has 0 fully saturated rings. The van der Waals surface area contributed by atoms with Gasteiger partial charge in [0.1, 0.15) is 23.7 Å². The molecule has 0 radical (unpaired) electrons.